The van der Waals surface area contributed by atoms with E-state index in [9.17, 15) is 9.59 Å². The quantitative estimate of drug-likeness (QED) is 0.452. The molecule has 5 heteroatoms. The monoisotopic (exact) mass is 196 g/mol. The molecule has 0 saturated carbocycles. The minimum absolute atomic E-state index is 0. The minimum atomic E-state index is -1.26. The van der Waals surface area contributed by atoms with Gasteiger partial charge >= 0.3 is 11.9 Å². The van der Waals surface area contributed by atoms with E-state index in [0.29, 0.717) is 12.2 Å². The summed E-state index contributed by atoms with van der Waals surface area (Å²) in [7, 11) is 0. The van der Waals surface area contributed by atoms with Crippen LogP contribution < -0.4 is 0 Å². The smallest absolute Gasteiger partial charge is 0.328 e. The normalized spacial score (nSPS) is 8.44. The number of rotatable bonds is 2. The van der Waals surface area contributed by atoms with Crippen LogP contribution >= 0.6 is 0 Å². The van der Waals surface area contributed by atoms with E-state index >= 15 is 0 Å². The number of carbonyl (C=O) groups is 2. The van der Waals surface area contributed by atoms with Gasteiger partial charge in [0.2, 0.25) is 0 Å². The molecule has 0 aliphatic rings. The van der Waals surface area contributed by atoms with E-state index in [-0.39, 0.29) is 17.1 Å². The van der Waals surface area contributed by atoms with Gasteiger partial charge in [-0.3, -0.25) is 0 Å². The molecule has 0 aliphatic carbocycles. The summed E-state index contributed by atoms with van der Waals surface area (Å²) in [6.45, 7) is 0. The number of carboxylic acids is 2. The summed E-state index contributed by atoms with van der Waals surface area (Å²) in [5, 5.41) is 15.6. The Morgan fingerprint density at radius 3 is 1.33 bits per heavy atom. The van der Waals surface area contributed by atoms with Crippen molar-refractivity contribution in [2.45, 2.75) is 0 Å². The van der Waals surface area contributed by atoms with Gasteiger partial charge in [0.05, 0.1) is 0 Å². The molecule has 0 atom stereocenters. The first kappa shape index (κ1) is 11.1. The van der Waals surface area contributed by atoms with Crippen LogP contribution in [0.2, 0.25) is 0 Å². The summed E-state index contributed by atoms with van der Waals surface area (Å²) in [5.41, 5.74) is 0. The van der Waals surface area contributed by atoms with Gasteiger partial charge < -0.3 is 10.2 Å². The van der Waals surface area contributed by atoms with E-state index in [1.807, 2.05) is 0 Å². The summed E-state index contributed by atoms with van der Waals surface area (Å²) >= 11 is 0. The zero-order valence-corrected chi connectivity index (χ0v) is 5.99. The van der Waals surface area contributed by atoms with Crippen molar-refractivity contribution >= 4 is 29.0 Å². The van der Waals surface area contributed by atoms with Crippen LogP contribution in [0.5, 0.6) is 0 Å². The van der Waals surface area contributed by atoms with Crippen LogP contribution in [0, 0.1) is 0 Å². The van der Waals surface area contributed by atoms with Gasteiger partial charge in [0.1, 0.15) is 0 Å². The number of aliphatic carboxylic acids is 2. The fourth-order valence-corrected chi connectivity index (χ4v) is 0.143. The molecule has 0 fully saturated rings. The maximum atomic E-state index is 9.55. The van der Waals surface area contributed by atoms with Gasteiger partial charge in [-0.2, -0.15) is 0 Å². The SMILES string of the molecule is O=C(O)C=CC(=O)O.[Se]. The van der Waals surface area contributed by atoms with E-state index < -0.39 is 11.9 Å². The first-order chi connectivity index (χ1) is 3.63. The van der Waals surface area contributed by atoms with Crippen LogP contribution in [-0.2, 0) is 9.59 Å². The van der Waals surface area contributed by atoms with E-state index in [2.05, 4.69) is 0 Å². The molecule has 0 amide bonds. The third-order valence-corrected chi connectivity index (χ3v) is 0.368. The van der Waals surface area contributed by atoms with Crippen molar-refractivity contribution in [2.24, 2.45) is 0 Å². The number of hydrogen-bond acceptors (Lipinski definition) is 2. The molecule has 0 saturated heterocycles. The summed E-state index contributed by atoms with van der Waals surface area (Å²) < 4.78 is 0. The van der Waals surface area contributed by atoms with Crippen molar-refractivity contribution in [3.63, 3.8) is 0 Å². The average Bonchev–Trinajstić information content (AvgIpc) is 1.61. The van der Waals surface area contributed by atoms with Crippen molar-refractivity contribution in [3.05, 3.63) is 12.2 Å². The number of hydrogen-bond donors (Lipinski definition) is 2. The van der Waals surface area contributed by atoms with Crippen LogP contribution in [0.1, 0.15) is 0 Å². The fraction of sp³-hybridized carbons (Fsp3) is 0. The third-order valence-electron chi connectivity index (χ3n) is 0.368. The Kier molecular flexibility index (Phi) is 6.56. The number of carboxylic acid groups (broad SMARTS) is 2. The Morgan fingerprint density at radius 2 is 1.22 bits per heavy atom. The minimum Gasteiger partial charge on any atom is -0.478 e. The first-order valence-corrected chi connectivity index (χ1v) is 1.77. The Bertz CT molecular complexity index is 124. The van der Waals surface area contributed by atoms with Crippen molar-refractivity contribution < 1.29 is 19.8 Å². The van der Waals surface area contributed by atoms with Gasteiger partial charge in [0.25, 0.3) is 0 Å². The molecule has 0 rings (SSSR count). The zero-order chi connectivity index (χ0) is 6.57. The summed E-state index contributed by atoms with van der Waals surface area (Å²) in [6.07, 6.45) is 1.12. The topological polar surface area (TPSA) is 74.6 Å². The molecule has 4 nitrogen and oxygen atoms in total. The van der Waals surface area contributed by atoms with Gasteiger partial charge in [-0.1, -0.05) is 0 Å². The molecule has 2 N–H and O–H groups in total. The summed E-state index contributed by atoms with van der Waals surface area (Å²) in [4.78, 5) is 19.1. The molecule has 0 aromatic heterocycles. The van der Waals surface area contributed by atoms with Crippen LogP contribution in [0.4, 0.5) is 0 Å². The van der Waals surface area contributed by atoms with Gasteiger partial charge in [-0.25, -0.2) is 9.59 Å². The van der Waals surface area contributed by atoms with Crippen LogP contribution in [0.15, 0.2) is 12.2 Å². The standard InChI is InChI=1S/C4H4O4.Se/c5-3(6)1-2-4(7)8;/h1-2H,(H,5,6)(H,7,8);. The van der Waals surface area contributed by atoms with Gasteiger partial charge in [-0.05, 0) is 0 Å². The van der Waals surface area contributed by atoms with Crippen LogP contribution in [0.3, 0.4) is 0 Å². The van der Waals surface area contributed by atoms with E-state index in [4.69, 9.17) is 10.2 Å². The molecule has 50 valence electrons. The second-order valence-corrected chi connectivity index (χ2v) is 1.01. The van der Waals surface area contributed by atoms with Crippen molar-refractivity contribution in [1.29, 1.82) is 0 Å². The van der Waals surface area contributed by atoms with Gasteiger partial charge in [-0.15, -0.1) is 0 Å². The third kappa shape index (κ3) is 11.0. The molecular formula is C4H4O4Se. The Labute approximate surface area is 61.7 Å². The Morgan fingerprint density at radius 1 is 1.00 bits per heavy atom. The van der Waals surface area contributed by atoms with Gasteiger partial charge in [0, 0.05) is 29.2 Å². The Balaban J connectivity index is 0. The Hall–Kier alpha value is -0.801. The molecule has 0 aliphatic heterocycles. The maximum Gasteiger partial charge on any atom is 0.328 e. The molecule has 0 heterocycles. The molecular weight excluding hydrogens is 191 g/mol. The molecule has 0 aromatic rings. The van der Waals surface area contributed by atoms with E-state index in [1.165, 1.54) is 0 Å². The summed E-state index contributed by atoms with van der Waals surface area (Å²) in [5.74, 6) is -2.51. The molecule has 0 aromatic carbocycles. The maximum absolute atomic E-state index is 9.55. The fourth-order valence-electron chi connectivity index (χ4n) is 0.143. The first-order valence-electron chi connectivity index (χ1n) is 1.77. The van der Waals surface area contributed by atoms with Crippen molar-refractivity contribution in [1.82, 2.24) is 0 Å². The zero-order valence-electron chi connectivity index (χ0n) is 4.27. The predicted octanol–water partition coefficient (Wildman–Crippen LogP) is -0.669. The molecule has 0 bridgehead atoms. The largest absolute Gasteiger partial charge is 0.478 e. The second-order valence-electron chi connectivity index (χ2n) is 1.01. The molecule has 0 spiro atoms. The van der Waals surface area contributed by atoms with E-state index in [1.54, 1.807) is 0 Å². The van der Waals surface area contributed by atoms with Crippen LogP contribution in [-0.4, -0.2) is 39.2 Å². The second kappa shape index (κ2) is 5.34. The molecule has 2 radical (unpaired) electrons. The predicted molar refractivity (Wildman–Crippen MR) is 30.2 cm³/mol. The van der Waals surface area contributed by atoms with Crippen LogP contribution in [0.25, 0.3) is 0 Å². The molecule has 0 unspecified atom stereocenters. The average molecular weight is 195 g/mol. The summed E-state index contributed by atoms with van der Waals surface area (Å²) in [6, 6.07) is 0. The molecule has 9 heavy (non-hydrogen) atoms. The van der Waals surface area contributed by atoms with Gasteiger partial charge in [0.15, 0.2) is 0 Å². The van der Waals surface area contributed by atoms with E-state index in [0.717, 1.165) is 0 Å². The van der Waals surface area contributed by atoms with Crippen molar-refractivity contribution in [3.8, 4) is 0 Å². The van der Waals surface area contributed by atoms with Crippen molar-refractivity contribution in [2.75, 3.05) is 0 Å².